The molecule has 1 aromatic rings. The van der Waals surface area contributed by atoms with Crippen LogP contribution in [0.25, 0.3) is 0 Å². The van der Waals surface area contributed by atoms with E-state index >= 15 is 0 Å². The summed E-state index contributed by atoms with van der Waals surface area (Å²) in [5, 5.41) is 10.6. The molecule has 1 unspecified atom stereocenters. The summed E-state index contributed by atoms with van der Waals surface area (Å²) >= 11 is 2.27. The van der Waals surface area contributed by atoms with Gasteiger partial charge in [0.25, 0.3) is 0 Å². The molecule has 0 heterocycles. The fourth-order valence-electron chi connectivity index (χ4n) is 1.58. The van der Waals surface area contributed by atoms with Crippen LogP contribution in [0.2, 0.25) is 0 Å². The Kier molecular flexibility index (Phi) is 4.37. The number of hydrogen-bond acceptors (Lipinski definition) is 2. The van der Waals surface area contributed by atoms with Gasteiger partial charge in [0.05, 0.1) is 5.60 Å². The van der Waals surface area contributed by atoms with Crippen molar-refractivity contribution in [2.24, 2.45) is 11.1 Å². The first kappa shape index (κ1) is 13.9. The highest BCUT2D eigenvalue weighted by Gasteiger charge is 2.38. The summed E-state index contributed by atoms with van der Waals surface area (Å²) in [7, 11) is 0. The standard InChI is InChI=1S/C13H20INO/c1-12(2,3)13(16,9-15)8-10-4-6-11(14)7-5-10/h4-7,16H,8-9,15H2,1-3H3. The molecule has 0 spiro atoms. The third-order valence-corrected chi connectivity index (χ3v) is 3.86. The zero-order valence-corrected chi connectivity index (χ0v) is 12.3. The van der Waals surface area contributed by atoms with Crippen LogP contribution in [0.5, 0.6) is 0 Å². The van der Waals surface area contributed by atoms with E-state index in [-0.39, 0.29) is 12.0 Å². The van der Waals surface area contributed by atoms with E-state index in [2.05, 4.69) is 34.7 Å². The molecule has 0 aromatic heterocycles. The zero-order valence-electron chi connectivity index (χ0n) is 10.1. The topological polar surface area (TPSA) is 46.2 Å². The molecule has 0 saturated carbocycles. The Balaban J connectivity index is 2.89. The second-order valence-corrected chi connectivity index (χ2v) is 6.53. The Bertz CT molecular complexity index is 342. The van der Waals surface area contributed by atoms with Crippen LogP contribution in [0.1, 0.15) is 26.3 Å². The van der Waals surface area contributed by atoms with Gasteiger partial charge in [-0.05, 0) is 45.7 Å². The minimum Gasteiger partial charge on any atom is -0.388 e. The summed E-state index contributed by atoms with van der Waals surface area (Å²) in [5.41, 5.74) is 5.78. The molecule has 1 rings (SSSR count). The first-order valence-corrected chi connectivity index (χ1v) is 6.53. The highest BCUT2D eigenvalue weighted by Crippen LogP contribution is 2.32. The Labute approximate surface area is 111 Å². The van der Waals surface area contributed by atoms with E-state index in [0.29, 0.717) is 6.42 Å². The summed E-state index contributed by atoms with van der Waals surface area (Å²) in [6.07, 6.45) is 0.601. The lowest BCUT2D eigenvalue weighted by Gasteiger charge is -2.39. The molecule has 0 fully saturated rings. The van der Waals surface area contributed by atoms with Gasteiger partial charge in [-0.3, -0.25) is 0 Å². The van der Waals surface area contributed by atoms with Crippen molar-refractivity contribution in [2.45, 2.75) is 32.8 Å². The van der Waals surface area contributed by atoms with Crippen LogP contribution in [0.4, 0.5) is 0 Å². The van der Waals surface area contributed by atoms with Crippen LogP contribution >= 0.6 is 22.6 Å². The van der Waals surface area contributed by atoms with Crippen molar-refractivity contribution in [3.8, 4) is 0 Å². The predicted molar refractivity (Wildman–Crippen MR) is 76.3 cm³/mol. The molecule has 1 atom stereocenters. The van der Waals surface area contributed by atoms with E-state index in [4.69, 9.17) is 5.73 Å². The number of nitrogens with two attached hydrogens (primary N) is 1. The second-order valence-electron chi connectivity index (χ2n) is 5.29. The maximum atomic E-state index is 10.6. The maximum absolute atomic E-state index is 10.6. The molecule has 2 nitrogen and oxygen atoms in total. The predicted octanol–water partition coefficient (Wildman–Crippen LogP) is 2.57. The molecule has 3 N–H and O–H groups in total. The van der Waals surface area contributed by atoms with Gasteiger partial charge in [-0.1, -0.05) is 32.9 Å². The van der Waals surface area contributed by atoms with Crippen molar-refractivity contribution in [3.63, 3.8) is 0 Å². The van der Waals surface area contributed by atoms with E-state index in [1.807, 2.05) is 32.9 Å². The highest BCUT2D eigenvalue weighted by atomic mass is 127. The molecule has 1 aromatic carbocycles. The fraction of sp³-hybridized carbons (Fsp3) is 0.538. The third-order valence-electron chi connectivity index (χ3n) is 3.14. The first-order chi connectivity index (χ1) is 7.28. The molecule has 0 saturated heterocycles. The van der Waals surface area contributed by atoms with Crippen molar-refractivity contribution in [1.29, 1.82) is 0 Å². The van der Waals surface area contributed by atoms with Gasteiger partial charge >= 0.3 is 0 Å². The van der Waals surface area contributed by atoms with Crippen LogP contribution in [-0.2, 0) is 6.42 Å². The van der Waals surface area contributed by atoms with Gasteiger partial charge in [-0.25, -0.2) is 0 Å². The lowest BCUT2D eigenvalue weighted by Crippen LogP contribution is -2.50. The lowest BCUT2D eigenvalue weighted by atomic mass is 9.73. The molecule has 0 aliphatic carbocycles. The minimum absolute atomic E-state index is 0.218. The molecule has 0 amide bonds. The van der Waals surface area contributed by atoms with Gasteiger partial charge in [0.2, 0.25) is 0 Å². The van der Waals surface area contributed by atoms with Crippen LogP contribution in [0, 0.1) is 8.99 Å². The second kappa shape index (κ2) is 5.02. The monoisotopic (exact) mass is 333 g/mol. The van der Waals surface area contributed by atoms with Crippen molar-refractivity contribution >= 4 is 22.6 Å². The van der Waals surface area contributed by atoms with Gasteiger partial charge in [0, 0.05) is 16.5 Å². The Morgan fingerprint density at radius 1 is 1.19 bits per heavy atom. The maximum Gasteiger partial charge on any atom is 0.0857 e. The van der Waals surface area contributed by atoms with Gasteiger partial charge in [-0.2, -0.15) is 0 Å². The minimum atomic E-state index is -0.847. The molecule has 0 bridgehead atoms. The number of aliphatic hydroxyl groups is 1. The molecule has 0 radical (unpaired) electrons. The van der Waals surface area contributed by atoms with E-state index in [1.165, 1.54) is 3.57 Å². The van der Waals surface area contributed by atoms with Gasteiger partial charge in [0.1, 0.15) is 0 Å². The Morgan fingerprint density at radius 3 is 2.06 bits per heavy atom. The molecule has 90 valence electrons. The number of hydrogen-bond donors (Lipinski definition) is 2. The third kappa shape index (κ3) is 3.18. The fourth-order valence-corrected chi connectivity index (χ4v) is 1.94. The first-order valence-electron chi connectivity index (χ1n) is 5.45. The number of benzene rings is 1. The average molecular weight is 333 g/mol. The average Bonchev–Trinajstić information content (AvgIpc) is 2.19. The van der Waals surface area contributed by atoms with Gasteiger partial charge in [-0.15, -0.1) is 0 Å². The molecule has 16 heavy (non-hydrogen) atoms. The Morgan fingerprint density at radius 2 is 1.69 bits per heavy atom. The molecular weight excluding hydrogens is 313 g/mol. The lowest BCUT2D eigenvalue weighted by molar-refractivity contribution is -0.0490. The SMILES string of the molecule is CC(C)(C)C(O)(CN)Cc1ccc(I)cc1. The summed E-state index contributed by atoms with van der Waals surface area (Å²) < 4.78 is 1.20. The van der Waals surface area contributed by atoms with E-state index in [0.717, 1.165) is 5.56 Å². The summed E-state index contributed by atoms with van der Waals surface area (Å²) in [4.78, 5) is 0. The van der Waals surface area contributed by atoms with Crippen LogP contribution in [0.3, 0.4) is 0 Å². The zero-order chi connectivity index (χ0) is 12.4. The van der Waals surface area contributed by atoms with Crippen LogP contribution in [0.15, 0.2) is 24.3 Å². The van der Waals surface area contributed by atoms with Gasteiger partial charge in [0.15, 0.2) is 0 Å². The van der Waals surface area contributed by atoms with Crippen molar-refractivity contribution in [2.75, 3.05) is 6.54 Å². The quantitative estimate of drug-likeness (QED) is 0.835. The van der Waals surface area contributed by atoms with Crippen molar-refractivity contribution in [1.82, 2.24) is 0 Å². The van der Waals surface area contributed by atoms with E-state index in [9.17, 15) is 5.11 Å². The molecule has 0 aliphatic heterocycles. The van der Waals surface area contributed by atoms with Gasteiger partial charge < -0.3 is 10.8 Å². The highest BCUT2D eigenvalue weighted by molar-refractivity contribution is 14.1. The number of halogens is 1. The summed E-state index contributed by atoms with van der Waals surface area (Å²) in [5.74, 6) is 0. The van der Waals surface area contributed by atoms with Crippen LogP contribution < -0.4 is 5.73 Å². The Hall–Kier alpha value is -0.130. The van der Waals surface area contributed by atoms with Crippen LogP contribution in [-0.4, -0.2) is 17.3 Å². The van der Waals surface area contributed by atoms with Crippen molar-refractivity contribution < 1.29 is 5.11 Å². The summed E-state index contributed by atoms with van der Waals surface area (Å²) in [6, 6.07) is 8.20. The molecule has 0 aliphatic rings. The number of rotatable bonds is 3. The summed E-state index contributed by atoms with van der Waals surface area (Å²) in [6.45, 7) is 6.34. The smallest absolute Gasteiger partial charge is 0.0857 e. The molecule has 3 heteroatoms. The normalized spacial score (nSPS) is 15.9. The van der Waals surface area contributed by atoms with E-state index in [1.54, 1.807) is 0 Å². The molecular formula is C13H20INO. The van der Waals surface area contributed by atoms with Crippen molar-refractivity contribution in [3.05, 3.63) is 33.4 Å². The van der Waals surface area contributed by atoms with E-state index < -0.39 is 5.60 Å². The largest absolute Gasteiger partial charge is 0.388 e.